The van der Waals surface area contributed by atoms with Gasteiger partial charge in [-0.15, -0.1) is 0 Å². The Kier molecular flexibility index (Phi) is 7.08. The minimum absolute atomic E-state index is 0.121. The van der Waals surface area contributed by atoms with E-state index in [1.807, 2.05) is 12.1 Å². The van der Waals surface area contributed by atoms with Crippen LogP contribution in [0.3, 0.4) is 0 Å². The number of esters is 1. The first-order chi connectivity index (χ1) is 13.3. The zero-order valence-electron chi connectivity index (χ0n) is 15.9. The molecule has 0 atom stereocenters. The number of ether oxygens (including phenoxy) is 2. The molecule has 0 unspecified atom stereocenters. The number of non-ortho nitro benzene ring substituents is 1. The number of nitro groups is 1. The van der Waals surface area contributed by atoms with Crippen LogP contribution in [-0.2, 0) is 16.0 Å². The lowest BCUT2D eigenvalue weighted by atomic mass is 10.0. The van der Waals surface area contributed by atoms with Crippen molar-refractivity contribution >= 4 is 23.3 Å². The number of carbonyl (C=O) groups excluding carboxylic acids is 2. The van der Waals surface area contributed by atoms with Crippen LogP contribution in [0.25, 0.3) is 0 Å². The summed E-state index contributed by atoms with van der Waals surface area (Å²) in [7, 11) is 1.37. The van der Waals surface area contributed by atoms with Crippen LogP contribution >= 0.6 is 0 Å². The molecule has 8 heteroatoms. The van der Waals surface area contributed by atoms with Gasteiger partial charge in [-0.2, -0.15) is 0 Å². The molecule has 148 valence electrons. The molecule has 1 amide bonds. The molecule has 0 saturated carbocycles. The lowest BCUT2D eigenvalue weighted by Crippen LogP contribution is -2.21. The van der Waals surface area contributed by atoms with Gasteiger partial charge < -0.3 is 14.8 Å². The summed E-state index contributed by atoms with van der Waals surface area (Å²) in [5.74, 6) is -0.501. The highest BCUT2D eigenvalue weighted by atomic mass is 16.6. The van der Waals surface area contributed by atoms with E-state index in [2.05, 4.69) is 19.2 Å². The van der Waals surface area contributed by atoms with Gasteiger partial charge in [0.25, 0.3) is 11.6 Å². The van der Waals surface area contributed by atoms with Crippen molar-refractivity contribution in [2.24, 2.45) is 5.92 Å². The Morgan fingerprint density at radius 3 is 2.39 bits per heavy atom. The molecule has 0 aromatic heterocycles. The van der Waals surface area contributed by atoms with E-state index in [9.17, 15) is 19.7 Å². The van der Waals surface area contributed by atoms with Gasteiger partial charge in [0.1, 0.15) is 5.75 Å². The lowest BCUT2D eigenvalue weighted by Gasteiger charge is -2.10. The van der Waals surface area contributed by atoms with Crippen molar-refractivity contribution in [3.63, 3.8) is 0 Å². The predicted molar refractivity (Wildman–Crippen MR) is 104 cm³/mol. The number of hydrogen-bond donors (Lipinski definition) is 1. The molecule has 0 heterocycles. The van der Waals surface area contributed by atoms with Crippen molar-refractivity contribution in [3.05, 3.63) is 63.7 Å². The van der Waals surface area contributed by atoms with Crippen molar-refractivity contribution in [2.45, 2.75) is 20.3 Å². The Balaban J connectivity index is 1.96. The molecule has 0 aliphatic heterocycles. The molecular weight excluding hydrogens is 364 g/mol. The third kappa shape index (κ3) is 5.80. The molecule has 28 heavy (non-hydrogen) atoms. The van der Waals surface area contributed by atoms with Gasteiger partial charge in [0.05, 0.1) is 23.3 Å². The number of carbonyl (C=O) groups is 2. The molecule has 0 aliphatic rings. The highest BCUT2D eigenvalue weighted by Crippen LogP contribution is 2.28. The number of methoxy groups -OCH3 is 1. The number of benzene rings is 2. The third-order valence-electron chi connectivity index (χ3n) is 3.84. The van der Waals surface area contributed by atoms with Crippen molar-refractivity contribution in [3.8, 4) is 5.75 Å². The average molecular weight is 386 g/mol. The normalized spacial score (nSPS) is 10.4. The predicted octanol–water partition coefficient (Wildman–Crippen LogP) is 3.60. The third-order valence-corrected chi connectivity index (χ3v) is 3.84. The molecule has 8 nitrogen and oxygen atoms in total. The number of nitrogens with one attached hydrogen (secondary N) is 1. The number of nitrogens with zero attached hydrogens (tertiary/aromatic N) is 1. The fourth-order valence-corrected chi connectivity index (χ4v) is 2.56. The van der Waals surface area contributed by atoms with Gasteiger partial charge in [0.2, 0.25) is 0 Å². The Morgan fingerprint density at radius 2 is 1.82 bits per heavy atom. The van der Waals surface area contributed by atoms with E-state index in [1.54, 1.807) is 12.1 Å². The van der Waals surface area contributed by atoms with E-state index in [0.29, 0.717) is 11.5 Å². The van der Waals surface area contributed by atoms with Gasteiger partial charge >= 0.3 is 5.97 Å². The van der Waals surface area contributed by atoms with Crippen molar-refractivity contribution in [2.75, 3.05) is 19.0 Å². The number of rotatable bonds is 8. The minimum atomic E-state index is -0.636. The standard InChI is InChI=1S/C20H22N2O6/c1-13(2)10-14-4-6-15(7-5-14)20(24)28-12-19(23)21-17-11-16(22(25)26)8-9-18(17)27-3/h4-9,11,13H,10,12H2,1-3H3,(H,21,23). The average Bonchev–Trinajstić information content (AvgIpc) is 2.66. The topological polar surface area (TPSA) is 108 Å². The first-order valence-electron chi connectivity index (χ1n) is 8.68. The van der Waals surface area contributed by atoms with Crippen molar-refractivity contribution < 1.29 is 24.0 Å². The Labute approximate surface area is 162 Å². The maximum absolute atomic E-state index is 12.1. The Morgan fingerprint density at radius 1 is 1.14 bits per heavy atom. The molecule has 0 radical (unpaired) electrons. The summed E-state index contributed by atoms with van der Waals surface area (Å²) in [6, 6.07) is 10.8. The van der Waals surface area contributed by atoms with Crippen LogP contribution in [0.15, 0.2) is 42.5 Å². The molecule has 0 bridgehead atoms. The van der Waals surface area contributed by atoms with Gasteiger partial charge in [0.15, 0.2) is 6.61 Å². The van der Waals surface area contributed by atoms with E-state index < -0.39 is 23.4 Å². The van der Waals surface area contributed by atoms with Crippen LogP contribution in [0.5, 0.6) is 5.75 Å². The monoisotopic (exact) mass is 386 g/mol. The number of amides is 1. The number of anilines is 1. The van der Waals surface area contributed by atoms with Crippen LogP contribution in [0.2, 0.25) is 0 Å². The van der Waals surface area contributed by atoms with Gasteiger partial charge in [-0.3, -0.25) is 14.9 Å². The molecular formula is C20H22N2O6. The van der Waals surface area contributed by atoms with Crippen LogP contribution in [0, 0.1) is 16.0 Å². The highest BCUT2D eigenvalue weighted by molar-refractivity contribution is 5.96. The van der Waals surface area contributed by atoms with E-state index in [-0.39, 0.29) is 17.1 Å². The summed E-state index contributed by atoms with van der Waals surface area (Å²) in [4.78, 5) is 34.4. The maximum atomic E-state index is 12.1. The fourth-order valence-electron chi connectivity index (χ4n) is 2.56. The highest BCUT2D eigenvalue weighted by Gasteiger charge is 2.15. The molecule has 0 saturated heterocycles. The first-order valence-corrected chi connectivity index (χ1v) is 8.68. The second-order valence-electron chi connectivity index (χ2n) is 6.56. The summed E-state index contributed by atoms with van der Waals surface area (Å²) in [6.45, 7) is 3.69. The number of nitro benzene ring substituents is 1. The summed E-state index contributed by atoms with van der Waals surface area (Å²) < 4.78 is 10.1. The summed E-state index contributed by atoms with van der Waals surface area (Å²) in [6.07, 6.45) is 0.906. The molecule has 2 rings (SSSR count). The van der Waals surface area contributed by atoms with E-state index in [0.717, 1.165) is 12.0 Å². The Bertz CT molecular complexity index is 861. The summed E-state index contributed by atoms with van der Waals surface area (Å²) in [5, 5.41) is 13.3. The minimum Gasteiger partial charge on any atom is -0.495 e. The quantitative estimate of drug-likeness (QED) is 0.422. The van der Waals surface area contributed by atoms with Crippen LogP contribution in [0.4, 0.5) is 11.4 Å². The second kappa shape index (κ2) is 9.50. The van der Waals surface area contributed by atoms with E-state index in [4.69, 9.17) is 9.47 Å². The molecule has 1 N–H and O–H groups in total. The zero-order valence-corrected chi connectivity index (χ0v) is 15.9. The van der Waals surface area contributed by atoms with E-state index in [1.165, 1.54) is 25.3 Å². The molecule has 0 aliphatic carbocycles. The fraction of sp³-hybridized carbons (Fsp3) is 0.300. The first kappa shape index (κ1) is 20.9. The van der Waals surface area contributed by atoms with Crippen LogP contribution < -0.4 is 10.1 Å². The summed E-state index contributed by atoms with van der Waals surface area (Å²) >= 11 is 0. The van der Waals surface area contributed by atoms with Gasteiger partial charge in [-0.25, -0.2) is 4.79 Å². The molecule has 0 fully saturated rings. The van der Waals surface area contributed by atoms with Crippen molar-refractivity contribution in [1.29, 1.82) is 0 Å². The van der Waals surface area contributed by atoms with Gasteiger partial charge in [0, 0.05) is 12.1 Å². The largest absolute Gasteiger partial charge is 0.495 e. The number of hydrogen-bond acceptors (Lipinski definition) is 6. The Hall–Kier alpha value is -3.42. The van der Waals surface area contributed by atoms with E-state index >= 15 is 0 Å². The maximum Gasteiger partial charge on any atom is 0.338 e. The molecule has 0 spiro atoms. The SMILES string of the molecule is COc1ccc([N+](=O)[O-])cc1NC(=O)COC(=O)c1ccc(CC(C)C)cc1. The zero-order chi connectivity index (χ0) is 20.7. The molecule has 2 aromatic carbocycles. The smallest absolute Gasteiger partial charge is 0.338 e. The van der Waals surface area contributed by atoms with Crippen LogP contribution in [0.1, 0.15) is 29.8 Å². The van der Waals surface area contributed by atoms with Crippen LogP contribution in [-0.4, -0.2) is 30.5 Å². The van der Waals surface area contributed by atoms with Gasteiger partial charge in [-0.1, -0.05) is 26.0 Å². The summed E-state index contributed by atoms with van der Waals surface area (Å²) in [5.41, 5.74) is 1.38. The molecule has 2 aromatic rings. The van der Waals surface area contributed by atoms with Gasteiger partial charge in [-0.05, 0) is 36.1 Å². The second-order valence-corrected chi connectivity index (χ2v) is 6.56. The lowest BCUT2D eigenvalue weighted by molar-refractivity contribution is -0.384. The van der Waals surface area contributed by atoms with Crippen molar-refractivity contribution in [1.82, 2.24) is 0 Å².